The fraction of sp³-hybridized carbons (Fsp3) is 0.286. The Balaban J connectivity index is 1.51. The van der Waals surface area contributed by atoms with Crippen molar-refractivity contribution in [2.75, 3.05) is 6.79 Å². The molecule has 1 saturated heterocycles. The van der Waals surface area contributed by atoms with E-state index in [0.717, 1.165) is 30.0 Å². The van der Waals surface area contributed by atoms with Gasteiger partial charge >= 0.3 is 0 Å². The second kappa shape index (κ2) is 5.74. The number of hydrogen-bond acceptors (Lipinski definition) is 4. The third kappa shape index (κ3) is 2.36. The van der Waals surface area contributed by atoms with Crippen LogP contribution in [0.3, 0.4) is 0 Å². The van der Waals surface area contributed by atoms with Crippen LogP contribution in [0, 0.1) is 0 Å². The molecule has 5 rings (SSSR count). The van der Waals surface area contributed by atoms with Crippen molar-refractivity contribution in [3.63, 3.8) is 0 Å². The van der Waals surface area contributed by atoms with E-state index in [2.05, 4.69) is 29.2 Å². The van der Waals surface area contributed by atoms with E-state index in [4.69, 9.17) is 9.47 Å². The molecule has 4 nitrogen and oxygen atoms in total. The van der Waals surface area contributed by atoms with Crippen LogP contribution in [0.5, 0.6) is 11.5 Å². The lowest BCUT2D eigenvalue weighted by Crippen LogP contribution is -2.42. The number of carbonyl (C=O) groups is 1. The summed E-state index contributed by atoms with van der Waals surface area (Å²) in [6.07, 6.45) is 4.65. The van der Waals surface area contributed by atoms with Gasteiger partial charge in [-0.1, -0.05) is 48.5 Å². The predicted molar refractivity (Wildman–Crippen MR) is 93.6 cm³/mol. The van der Waals surface area contributed by atoms with Crippen LogP contribution in [-0.2, 0) is 11.3 Å². The summed E-state index contributed by atoms with van der Waals surface area (Å²) in [5.74, 6) is 2.11. The second-order valence-electron chi connectivity index (χ2n) is 6.85. The highest BCUT2D eigenvalue weighted by Gasteiger charge is 2.46. The summed E-state index contributed by atoms with van der Waals surface area (Å²) in [6.45, 7) is 1.06. The maximum atomic E-state index is 12.5. The van der Waals surface area contributed by atoms with Gasteiger partial charge in [0.25, 0.3) is 0 Å². The van der Waals surface area contributed by atoms with Crippen LogP contribution in [0.15, 0.2) is 60.7 Å². The molecule has 2 aromatic carbocycles. The number of carbonyl (C=O) groups excluding carboxylic acids is 1. The van der Waals surface area contributed by atoms with Crippen molar-refractivity contribution in [3.05, 3.63) is 71.8 Å². The molecule has 2 aromatic rings. The Bertz CT molecular complexity index is 845. The average molecular weight is 333 g/mol. The van der Waals surface area contributed by atoms with Crippen molar-refractivity contribution in [1.29, 1.82) is 0 Å². The van der Waals surface area contributed by atoms with Crippen LogP contribution in [0.2, 0.25) is 0 Å². The molecule has 0 aromatic heterocycles. The Morgan fingerprint density at radius 2 is 1.92 bits per heavy atom. The van der Waals surface area contributed by atoms with E-state index in [1.54, 1.807) is 6.08 Å². The van der Waals surface area contributed by atoms with E-state index in [0.29, 0.717) is 0 Å². The molecule has 0 spiro atoms. The Hall–Kier alpha value is -2.59. The predicted octanol–water partition coefficient (Wildman–Crippen LogP) is 3.28. The number of ketones is 1. The van der Waals surface area contributed by atoms with Gasteiger partial charge in [-0.3, -0.25) is 9.69 Å². The van der Waals surface area contributed by atoms with Crippen molar-refractivity contribution in [2.24, 2.45) is 0 Å². The number of benzene rings is 2. The van der Waals surface area contributed by atoms with Crippen molar-refractivity contribution in [1.82, 2.24) is 4.90 Å². The number of ether oxygens (including phenoxy) is 2. The van der Waals surface area contributed by atoms with Gasteiger partial charge in [0.05, 0.1) is 6.04 Å². The Morgan fingerprint density at radius 1 is 1.04 bits per heavy atom. The summed E-state index contributed by atoms with van der Waals surface area (Å²) in [6, 6.07) is 16.6. The summed E-state index contributed by atoms with van der Waals surface area (Å²) in [5.41, 5.74) is 2.39. The van der Waals surface area contributed by atoms with E-state index in [1.165, 1.54) is 5.56 Å². The normalized spacial score (nSPS) is 27.0. The Labute approximate surface area is 146 Å². The van der Waals surface area contributed by atoms with Crippen LogP contribution in [0.25, 0.3) is 0 Å². The highest BCUT2D eigenvalue weighted by molar-refractivity contribution is 5.96. The summed E-state index contributed by atoms with van der Waals surface area (Å²) >= 11 is 0. The average Bonchev–Trinajstić information content (AvgIpc) is 3.21. The quantitative estimate of drug-likeness (QED) is 0.864. The molecule has 0 saturated carbocycles. The zero-order valence-electron chi connectivity index (χ0n) is 13.8. The molecule has 4 heteroatoms. The number of fused-ring (bicyclic) bond motifs is 3. The summed E-state index contributed by atoms with van der Waals surface area (Å²) in [4.78, 5) is 14.8. The SMILES string of the molecule is O=C1C=C[C@H]2[C@H](c3cccc4c3OCO4)C[C@H]1N2Cc1ccccc1. The lowest BCUT2D eigenvalue weighted by molar-refractivity contribution is -0.119. The van der Waals surface area contributed by atoms with Crippen LogP contribution in [0.4, 0.5) is 0 Å². The maximum Gasteiger partial charge on any atom is 0.231 e. The number of para-hydroxylation sites is 1. The van der Waals surface area contributed by atoms with E-state index in [9.17, 15) is 4.79 Å². The molecular weight excluding hydrogens is 314 g/mol. The first-order chi connectivity index (χ1) is 12.3. The van der Waals surface area contributed by atoms with Gasteiger partial charge in [0.1, 0.15) is 0 Å². The molecule has 1 fully saturated rings. The largest absolute Gasteiger partial charge is 0.454 e. The smallest absolute Gasteiger partial charge is 0.231 e. The summed E-state index contributed by atoms with van der Waals surface area (Å²) < 4.78 is 11.3. The Kier molecular flexibility index (Phi) is 3.38. The van der Waals surface area contributed by atoms with Gasteiger partial charge in [0.2, 0.25) is 6.79 Å². The minimum Gasteiger partial charge on any atom is -0.454 e. The molecule has 0 amide bonds. The molecule has 0 N–H and O–H groups in total. The monoisotopic (exact) mass is 333 g/mol. The minimum atomic E-state index is -0.0571. The van der Waals surface area contributed by atoms with Gasteiger partial charge in [-0.15, -0.1) is 0 Å². The van der Waals surface area contributed by atoms with E-state index in [-0.39, 0.29) is 30.6 Å². The zero-order valence-corrected chi connectivity index (χ0v) is 13.8. The molecule has 0 unspecified atom stereocenters. The van der Waals surface area contributed by atoms with Gasteiger partial charge < -0.3 is 9.47 Å². The van der Waals surface area contributed by atoms with Gasteiger partial charge in [-0.2, -0.15) is 0 Å². The van der Waals surface area contributed by atoms with Crippen molar-refractivity contribution in [3.8, 4) is 11.5 Å². The first-order valence-electron chi connectivity index (χ1n) is 8.71. The molecule has 3 aliphatic heterocycles. The first-order valence-corrected chi connectivity index (χ1v) is 8.71. The topological polar surface area (TPSA) is 38.8 Å². The lowest BCUT2D eigenvalue weighted by atomic mass is 9.90. The molecule has 3 aliphatic rings. The number of nitrogens with zero attached hydrogens (tertiary/aromatic N) is 1. The Morgan fingerprint density at radius 3 is 2.80 bits per heavy atom. The van der Waals surface area contributed by atoms with Crippen molar-refractivity contribution < 1.29 is 14.3 Å². The molecule has 0 radical (unpaired) electrons. The zero-order chi connectivity index (χ0) is 16.8. The van der Waals surface area contributed by atoms with Gasteiger partial charge in [-0.25, -0.2) is 0 Å². The van der Waals surface area contributed by atoms with Gasteiger partial charge in [-0.05, 0) is 24.1 Å². The van der Waals surface area contributed by atoms with Crippen LogP contribution in [0.1, 0.15) is 23.5 Å². The first kappa shape index (κ1) is 14.7. The molecule has 25 heavy (non-hydrogen) atoms. The highest BCUT2D eigenvalue weighted by Crippen LogP contribution is 2.48. The molecule has 0 aliphatic carbocycles. The van der Waals surface area contributed by atoms with Crippen LogP contribution < -0.4 is 9.47 Å². The van der Waals surface area contributed by atoms with Gasteiger partial charge in [0.15, 0.2) is 17.3 Å². The van der Waals surface area contributed by atoms with E-state index >= 15 is 0 Å². The standard InChI is InChI=1S/C21H19NO3/c23-19-10-9-17-16(15-7-4-8-20-21(15)25-13-24-20)11-18(19)22(17)12-14-5-2-1-3-6-14/h1-10,16-18H,11-13H2/t16-,17-,18+/m0/s1. The molecule has 3 heterocycles. The van der Waals surface area contributed by atoms with Crippen LogP contribution >= 0.6 is 0 Å². The molecule has 126 valence electrons. The van der Waals surface area contributed by atoms with E-state index < -0.39 is 0 Å². The minimum absolute atomic E-state index is 0.0571. The summed E-state index contributed by atoms with van der Waals surface area (Å²) in [5, 5.41) is 0. The number of hydrogen-bond donors (Lipinski definition) is 0. The highest BCUT2D eigenvalue weighted by atomic mass is 16.7. The fourth-order valence-electron chi connectivity index (χ4n) is 4.35. The maximum absolute atomic E-state index is 12.5. The lowest BCUT2D eigenvalue weighted by Gasteiger charge is -2.31. The number of rotatable bonds is 3. The fourth-order valence-corrected chi connectivity index (χ4v) is 4.35. The summed E-state index contributed by atoms with van der Waals surface area (Å²) in [7, 11) is 0. The van der Waals surface area contributed by atoms with Crippen molar-refractivity contribution in [2.45, 2.75) is 31.0 Å². The molecule has 2 bridgehead atoms. The van der Waals surface area contributed by atoms with Crippen molar-refractivity contribution >= 4 is 5.78 Å². The second-order valence-corrected chi connectivity index (χ2v) is 6.85. The molecular formula is C21H19NO3. The van der Waals surface area contributed by atoms with Gasteiger partial charge in [0, 0.05) is 24.1 Å². The third-order valence-corrected chi connectivity index (χ3v) is 5.49. The van der Waals surface area contributed by atoms with E-state index in [1.807, 2.05) is 30.3 Å². The molecule has 3 atom stereocenters. The third-order valence-electron chi connectivity index (χ3n) is 5.49. The van der Waals surface area contributed by atoms with Crippen LogP contribution in [-0.4, -0.2) is 29.6 Å².